The zero-order valence-electron chi connectivity index (χ0n) is 4.70. The first kappa shape index (κ1) is 5.63. The van der Waals surface area contributed by atoms with E-state index in [1.807, 2.05) is 31.5 Å². The fourth-order valence-electron chi connectivity index (χ4n) is 0.578. The van der Waals surface area contributed by atoms with Crippen molar-refractivity contribution >= 4 is 12.8 Å². The van der Waals surface area contributed by atoms with Crippen molar-refractivity contribution in [2.75, 3.05) is 0 Å². The van der Waals surface area contributed by atoms with Crippen molar-refractivity contribution in [3.05, 3.63) is 30.1 Å². The molecular formula is C6H8NS+. The van der Waals surface area contributed by atoms with Crippen LogP contribution >= 0.6 is 12.8 Å². The highest BCUT2D eigenvalue weighted by Crippen LogP contribution is 1.88. The molecule has 0 N–H and O–H groups in total. The summed E-state index contributed by atoms with van der Waals surface area (Å²) in [6.07, 6.45) is 3.83. The van der Waals surface area contributed by atoms with E-state index in [9.17, 15) is 0 Å². The fraction of sp³-hybridized carbons (Fsp3) is 0.167. The Morgan fingerprint density at radius 1 is 1.62 bits per heavy atom. The summed E-state index contributed by atoms with van der Waals surface area (Å²) >= 11 is 4.07. The lowest BCUT2D eigenvalue weighted by Gasteiger charge is -1.83. The molecule has 0 amide bonds. The molecule has 1 aromatic rings. The Morgan fingerprint density at radius 2 is 2.38 bits per heavy atom. The topological polar surface area (TPSA) is 3.88 Å². The van der Waals surface area contributed by atoms with Gasteiger partial charge in [-0.05, 0) is 13.0 Å². The smallest absolute Gasteiger partial charge is 0.136 e. The molecule has 2 heteroatoms. The molecule has 1 heterocycles. The van der Waals surface area contributed by atoms with Gasteiger partial charge in [-0.15, -0.1) is 3.97 Å². The average Bonchev–Trinajstić information content (AvgIpc) is 1.64. The van der Waals surface area contributed by atoms with Crippen molar-refractivity contribution < 1.29 is 3.97 Å². The van der Waals surface area contributed by atoms with Crippen molar-refractivity contribution in [1.82, 2.24) is 0 Å². The van der Waals surface area contributed by atoms with Gasteiger partial charge in [-0.25, -0.2) is 0 Å². The third-order valence-corrected chi connectivity index (χ3v) is 1.18. The molecule has 0 aliphatic heterocycles. The second-order valence-electron chi connectivity index (χ2n) is 1.76. The Hall–Kier alpha value is -0.500. The number of nitrogens with zero attached hydrogens (tertiary/aromatic N) is 1. The maximum atomic E-state index is 4.07. The highest BCUT2D eigenvalue weighted by atomic mass is 32.1. The molecule has 0 unspecified atom stereocenters. The number of thiol groups is 1. The van der Waals surface area contributed by atoms with Gasteiger partial charge >= 0.3 is 0 Å². The minimum Gasteiger partial charge on any atom is -0.136 e. The second-order valence-corrected chi connectivity index (χ2v) is 2.22. The minimum atomic E-state index is 1.22. The summed E-state index contributed by atoms with van der Waals surface area (Å²) < 4.78 is 1.73. The first-order chi connectivity index (χ1) is 3.79. The summed E-state index contributed by atoms with van der Waals surface area (Å²) in [6.45, 7) is 2.03. The maximum absolute atomic E-state index is 4.07. The number of aromatic nitrogens is 1. The van der Waals surface area contributed by atoms with Crippen LogP contribution in [0.2, 0.25) is 0 Å². The van der Waals surface area contributed by atoms with Crippen molar-refractivity contribution in [3.63, 3.8) is 0 Å². The molecule has 0 spiro atoms. The number of aryl methyl sites for hydroxylation is 1. The van der Waals surface area contributed by atoms with Crippen molar-refractivity contribution in [3.8, 4) is 0 Å². The maximum Gasteiger partial charge on any atom is 0.185 e. The van der Waals surface area contributed by atoms with Crippen LogP contribution in [0.15, 0.2) is 24.5 Å². The van der Waals surface area contributed by atoms with Gasteiger partial charge in [-0.3, -0.25) is 0 Å². The molecule has 8 heavy (non-hydrogen) atoms. The van der Waals surface area contributed by atoms with Gasteiger partial charge in [0.05, 0.1) is 0 Å². The summed E-state index contributed by atoms with van der Waals surface area (Å²) in [4.78, 5) is 0. The highest BCUT2D eigenvalue weighted by Gasteiger charge is 1.89. The normalized spacial score (nSPS) is 9.25. The van der Waals surface area contributed by atoms with Gasteiger partial charge in [0.2, 0.25) is 0 Å². The monoisotopic (exact) mass is 126 g/mol. The van der Waals surface area contributed by atoms with Crippen molar-refractivity contribution in [2.24, 2.45) is 0 Å². The van der Waals surface area contributed by atoms with Gasteiger partial charge < -0.3 is 0 Å². The molecule has 0 fully saturated rings. The number of rotatable bonds is 0. The molecule has 0 aromatic carbocycles. The van der Waals surface area contributed by atoms with E-state index in [4.69, 9.17) is 0 Å². The zero-order chi connectivity index (χ0) is 5.98. The second kappa shape index (κ2) is 2.18. The van der Waals surface area contributed by atoms with Crippen molar-refractivity contribution in [1.29, 1.82) is 0 Å². The van der Waals surface area contributed by atoms with E-state index in [1.165, 1.54) is 5.56 Å². The molecular weight excluding hydrogens is 118 g/mol. The van der Waals surface area contributed by atoms with Crippen LogP contribution in [0.4, 0.5) is 0 Å². The summed E-state index contributed by atoms with van der Waals surface area (Å²) in [6, 6.07) is 4.00. The van der Waals surface area contributed by atoms with Crippen LogP contribution in [-0.4, -0.2) is 0 Å². The lowest BCUT2D eigenvalue weighted by molar-refractivity contribution is -0.489. The van der Waals surface area contributed by atoms with E-state index >= 15 is 0 Å². The Bertz CT molecular complexity index is 168. The van der Waals surface area contributed by atoms with Gasteiger partial charge in [0.1, 0.15) is 12.8 Å². The molecule has 0 radical (unpaired) electrons. The lowest BCUT2D eigenvalue weighted by atomic mass is 10.3. The molecule has 0 atom stereocenters. The Balaban J connectivity index is 3.08. The highest BCUT2D eigenvalue weighted by molar-refractivity contribution is 7.73. The number of hydrogen-bond acceptors (Lipinski definition) is 1. The van der Waals surface area contributed by atoms with Crippen LogP contribution in [0.1, 0.15) is 5.56 Å². The average molecular weight is 126 g/mol. The van der Waals surface area contributed by atoms with E-state index in [-0.39, 0.29) is 0 Å². The van der Waals surface area contributed by atoms with Gasteiger partial charge in [0, 0.05) is 11.6 Å². The molecule has 0 aliphatic carbocycles. The largest absolute Gasteiger partial charge is 0.185 e. The van der Waals surface area contributed by atoms with E-state index in [0.29, 0.717) is 0 Å². The summed E-state index contributed by atoms with van der Waals surface area (Å²) in [7, 11) is 0. The number of pyridine rings is 1. The van der Waals surface area contributed by atoms with Crippen LogP contribution in [-0.2, 0) is 0 Å². The quantitative estimate of drug-likeness (QED) is 0.390. The van der Waals surface area contributed by atoms with Crippen molar-refractivity contribution in [2.45, 2.75) is 6.92 Å². The molecule has 0 saturated heterocycles. The molecule has 1 rings (SSSR count). The summed E-state index contributed by atoms with van der Waals surface area (Å²) in [5.41, 5.74) is 1.22. The van der Waals surface area contributed by atoms with Crippen LogP contribution in [0.25, 0.3) is 0 Å². The molecule has 0 aliphatic rings. The minimum absolute atomic E-state index is 1.22. The van der Waals surface area contributed by atoms with Gasteiger partial charge in [0.15, 0.2) is 12.4 Å². The van der Waals surface area contributed by atoms with Crippen LogP contribution in [0.3, 0.4) is 0 Å². The Morgan fingerprint density at radius 3 is 2.75 bits per heavy atom. The Labute approximate surface area is 54.5 Å². The van der Waals surface area contributed by atoms with E-state index in [2.05, 4.69) is 12.8 Å². The predicted molar refractivity (Wildman–Crippen MR) is 35.8 cm³/mol. The van der Waals surface area contributed by atoms with Crippen LogP contribution < -0.4 is 3.97 Å². The molecule has 1 aromatic heterocycles. The molecule has 1 nitrogen and oxygen atoms in total. The van der Waals surface area contributed by atoms with E-state index in [0.717, 1.165) is 0 Å². The third kappa shape index (κ3) is 1.23. The fourth-order valence-corrected chi connectivity index (χ4v) is 0.837. The Kier molecular flexibility index (Phi) is 1.53. The van der Waals surface area contributed by atoms with E-state index in [1.54, 1.807) is 3.97 Å². The number of hydrogen-bond donors (Lipinski definition) is 1. The SMILES string of the molecule is Cc1ccc[n+](S)c1. The van der Waals surface area contributed by atoms with Gasteiger partial charge in [-0.2, -0.15) is 0 Å². The zero-order valence-corrected chi connectivity index (χ0v) is 5.60. The van der Waals surface area contributed by atoms with Gasteiger partial charge in [-0.1, -0.05) is 0 Å². The van der Waals surface area contributed by atoms with Crippen LogP contribution in [0.5, 0.6) is 0 Å². The third-order valence-electron chi connectivity index (χ3n) is 0.934. The molecule has 0 saturated carbocycles. The summed E-state index contributed by atoms with van der Waals surface area (Å²) in [5.74, 6) is 0. The first-order valence-corrected chi connectivity index (χ1v) is 2.86. The standard InChI is InChI=1S/C6H8NS/c1-6-3-2-4-7(8)5-6/h2-5,8H,1H3/q+1. The summed E-state index contributed by atoms with van der Waals surface area (Å²) in [5, 5.41) is 0. The van der Waals surface area contributed by atoms with Crippen LogP contribution in [0, 0.1) is 6.92 Å². The van der Waals surface area contributed by atoms with Gasteiger partial charge in [0.25, 0.3) is 0 Å². The van der Waals surface area contributed by atoms with E-state index < -0.39 is 0 Å². The lowest BCUT2D eigenvalue weighted by Crippen LogP contribution is -2.18. The molecule has 42 valence electrons. The molecule has 0 bridgehead atoms. The predicted octanol–water partition coefficient (Wildman–Crippen LogP) is 0.975. The first-order valence-electron chi connectivity index (χ1n) is 2.46.